The average molecular weight is 289 g/mol. The molecule has 20 heavy (non-hydrogen) atoms. The minimum atomic E-state index is -0.627. The van der Waals surface area contributed by atoms with Crippen molar-refractivity contribution < 1.29 is 14.6 Å². The average Bonchev–Trinajstić information content (AvgIpc) is 3.09. The van der Waals surface area contributed by atoms with Gasteiger partial charge in [-0.1, -0.05) is 30.3 Å². The summed E-state index contributed by atoms with van der Waals surface area (Å²) in [4.78, 5) is 12.3. The third-order valence-corrected chi connectivity index (χ3v) is 4.10. The standard InChI is InChI=1S/C15H15NO3S/c17-14-7-19-6-13(14)16-15(18)12-9-20-8-11(12)10-4-2-1-3-5-10/h1-5,8-9,13-14,17H,6-7H2,(H,16,18)/t13-,14-/m1/s1. The Kier molecular flexibility index (Phi) is 3.82. The van der Waals surface area contributed by atoms with Crippen molar-refractivity contribution in [1.82, 2.24) is 5.32 Å². The molecule has 0 saturated carbocycles. The Morgan fingerprint density at radius 3 is 2.75 bits per heavy atom. The first-order valence-corrected chi connectivity index (χ1v) is 7.38. The van der Waals surface area contributed by atoms with E-state index >= 15 is 0 Å². The van der Waals surface area contributed by atoms with Crippen LogP contribution >= 0.6 is 11.3 Å². The number of hydrogen-bond acceptors (Lipinski definition) is 4. The summed E-state index contributed by atoms with van der Waals surface area (Å²) in [6, 6.07) is 9.47. The molecule has 3 rings (SSSR count). The summed E-state index contributed by atoms with van der Waals surface area (Å²) in [6.45, 7) is 0.637. The van der Waals surface area contributed by atoms with Crippen LogP contribution in [0.1, 0.15) is 10.4 Å². The number of rotatable bonds is 3. The van der Waals surface area contributed by atoms with E-state index in [-0.39, 0.29) is 18.6 Å². The van der Waals surface area contributed by atoms with Crippen LogP contribution in [0.5, 0.6) is 0 Å². The van der Waals surface area contributed by atoms with Crippen LogP contribution in [0.25, 0.3) is 11.1 Å². The maximum atomic E-state index is 12.3. The largest absolute Gasteiger partial charge is 0.388 e. The van der Waals surface area contributed by atoms with Gasteiger partial charge in [0.2, 0.25) is 0 Å². The van der Waals surface area contributed by atoms with Gasteiger partial charge in [-0.25, -0.2) is 0 Å². The van der Waals surface area contributed by atoms with E-state index in [0.29, 0.717) is 12.2 Å². The van der Waals surface area contributed by atoms with E-state index in [0.717, 1.165) is 11.1 Å². The third kappa shape index (κ3) is 2.60. The summed E-state index contributed by atoms with van der Waals surface area (Å²) in [5, 5.41) is 16.3. The van der Waals surface area contributed by atoms with E-state index in [9.17, 15) is 9.90 Å². The number of aliphatic hydroxyl groups is 1. The van der Waals surface area contributed by atoms with Crippen LogP contribution in [0.2, 0.25) is 0 Å². The first kappa shape index (κ1) is 13.3. The first-order valence-electron chi connectivity index (χ1n) is 6.44. The molecule has 2 N–H and O–H groups in total. The lowest BCUT2D eigenvalue weighted by molar-refractivity contribution is 0.0887. The molecule has 2 heterocycles. The van der Waals surface area contributed by atoms with E-state index in [1.807, 2.05) is 41.1 Å². The number of carbonyl (C=O) groups excluding carboxylic acids is 1. The van der Waals surface area contributed by atoms with E-state index in [4.69, 9.17) is 4.74 Å². The number of benzene rings is 1. The van der Waals surface area contributed by atoms with Crippen LogP contribution in [0.4, 0.5) is 0 Å². The molecular weight excluding hydrogens is 274 g/mol. The molecule has 0 spiro atoms. The Morgan fingerprint density at radius 1 is 1.25 bits per heavy atom. The number of hydrogen-bond donors (Lipinski definition) is 2. The molecule has 2 atom stereocenters. The van der Waals surface area contributed by atoms with Crippen molar-refractivity contribution in [3.05, 3.63) is 46.7 Å². The van der Waals surface area contributed by atoms with Crippen LogP contribution in [0.3, 0.4) is 0 Å². The van der Waals surface area contributed by atoms with Crippen molar-refractivity contribution >= 4 is 17.2 Å². The van der Waals surface area contributed by atoms with Gasteiger partial charge in [-0.3, -0.25) is 4.79 Å². The Bertz CT molecular complexity index is 596. The molecule has 1 saturated heterocycles. The Balaban J connectivity index is 1.81. The minimum Gasteiger partial charge on any atom is -0.388 e. The second kappa shape index (κ2) is 5.75. The second-order valence-corrected chi connectivity index (χ2v) is 5.49. The second-order valence-electron chi connectivity index (χ2n) is 4.75. The van der Waals surface area contributed by atoms with Crippen LogP contribution in [-0.2, 0) is 4.74 Å². The van der Waals surface area contributed by atoms with Gasteiger partial charge in [0.15, 0.2) is 0 Å². The monoisotopic (exact) mass is 289 g/mol. The van der Waals surface area contributed by atoms with Crippen molar-refractivity contribution in [2.45, 2.75) is 12.1 Å². The molecule has 1 aromatic carbocycles. The molecule has 0 radical (unpaired) electrons. The summed E-state index contributed by atoms with van der Waals surface area (Å²) < 4.78 is 5.14. The number of amides is 1. The summed E-state index contributed by atoms with van der Waals surface area (Å²) in [5.74, 6) is -0.167. The Labute approximate surface area is 121 Å². The molecule has 5 heteroatoms. The quantitative estimate of drug-likeness (QED) is 0.907. The number of thiophene rings is 1. The van der Waals surface area contributed by atoms with Gasteiger partial charge < -0.3 is 15.2 Å². The minimum absolute atomic E-state index is 0.167. The SMILES string of the molecule is O=C(N[C@@H]1COC[C@H]1O)c1cscc1-c1ccccc1. The van der Waals surface area contributed by atoms with Crippen LogP contribution in [0, 0.1) is 0 Å². The molecular formula is C15H15NO3S. The molecule has 104 valence electrons. The van der Waals surface area contributed by atoms with Crippen LogP contribution in [0.15, 0.2) is 41.1 Å². The topological polar surface area (TPSA) is 58.6 Å². The van der Waals surface area contributed by atoms with Crippen molar-refractivity contribution in [3.63, 3.8) is 0 Å². The lowest BCUT2D eigenvalue weighted by atomic mass is 10.0. The van der Waals surface area contributed by atoms with Crippen molar-refractivity contribution in [2.75, 3.05) is 13.2 Å². The summed E-state index contributed by atoms with van der Waals surface area (Å²) >= 11 is 1.49. The van der Waals surface area contributed by atoms with Gasteiger partial charge in [0, 0.05) is 10.9 Å². The van der Waals surface area contributed by atoms with Gasteiger partial charge in [-0.05, 0) is 10.9 Å². The number of ether oxygens (including phenoxy) is 1. The molecule has 1 aliphatic rings. The van der Waals surface area contributed by atoms with Gasteiger partial charge in [0.1, 0.15) is 0 Å². The molecule has 1 amide bonds. The highest BCUT2D eigenvalue weighted by atomic mass is 32.1. The fourth-order valence-corrected chi connectivity index (χ4v) is 3.08. The Hall–Kier alpha value is -1.69. The maximum Gasteiger partial charge on any atom is 0.253 e. The molecule has 0 aliphatic carbocycles. The third-order valence-electron chi connectivity index (χ3n) is 3.36. The van der Waals surface area contributed by atoms with Gasteiger partial charge in [0.05, 0.1) is 30.9 Å². The Morgan fingerprint density at radius 2 is 2.05 bits per heavy atom. The van der Waals surface area contributed by atoms with Gasteiger partial charge in [-0.15, -0.1) is 0 Å². The highest BCUT2D eigenvalue weighted by Gasteiger charge is 2.28. The number of carbonyl (C=O) groups is 1. The van der Waals surface area contributed by atoms with Gasteiger partial charge in [-0.2, -0.15) is 11.3 Å². The van der Waals surface area contributed by atoms with E-state index in [1.165, 1.54) is 11.3 Å². The van der Waals surface area contributed by atoms with Gasteiger partial charge in [0.25, 0.3) is 5.91 Å². The molecule has 0 unspecified atom stereocenters. The van der Waals surface area contributed by atoms with Crippen molar-refractivity contribution in [1.29, 1.82) is 0 Å². The summed E-state index contributed by atoms with van der Waals surface area (Å²) in [6.07, 6.45) is -0.627. The summed E-state index contributed by atoms with van der Waals surface area (Å²) in [5.41, 5.74) is 2.57. The van der Waals surface area contributed by atoms with E-state index in [2.05, 4.69) is 5.32 Å². The molecule has 4 nitrogen and oxygen atoms in total. The lowest BCUT2D eigenvalue weighted by Gasteiger charge is -2.14. The fraction of sp³-hybridized carbons (Fsp3) is 0.267. The predicted octanol–water partition coefficient (Wildman–Crippen LogP) is 1.90. The first-order chi connectivity index (χ1) is 9.75. The zero-order valence-electron chi connectivity index (χ0n) is 10.8. The number of aliphatic hydroxyl groups excluding tert-OH is 1. The molecule has 1 aliphatic heterocycles. The van der Waals surface area contributed by atoms with Crippen LogP contribution in [-0.4, -0.2) is 36.4 Å². The molecule has 1 fully saturated rings. The highest BCUT2D eigenvalue weighted by molar-refractivity contribution is 7.08. The fourth-order valence-electron chi connectivity index (χ4n) is 2.24. The molecule has 2 aromatic rings. The van der Waals surface area contributed by atoms with Crippen molar-refractivity contribution in [3.8, 4) is 11.1 Å². The smallest absolute Gasteiger partial charge is 0.253 e. The number of nitrogens with one attached hydrogen (secondary N) is 1. The van der Waals surface area contributed by atoms with E-state index < -0.39 is 6.10 Å². The maximum absolute atomic E-state index is 12.3. The zero-order valence-corrected chi connectivity index (χ0v) is 11.6. The highest BCUT2D eigenvalue weighted by Crippen LogP contribution is 2.27. The normalized spacial score (nSPS) is 21.9. The van der Waals surface area contributed by atoms with Crippen LogP contribution < -0.4 is 5.32 Å². The van der Waals surface area contributed by atoms with Crippen molar-refractivity contribution in [2.24, 2.45) is 0 Å². The van der Waals surface area contributed by atoms with Gasteiger partial charge >= 0.3 is 0 Å². The lowest BCUT2D eigenvalue weighted by Crippen LogP contribution is -2.42. The molecule has 1 aromatic heterocycles. The predicted molar refractivity (Wildman–Crippen MR) is 77.8 cm³/mol. The van der Waals surface area contributed by atoms with E-state index in [1.54, 1.807) is 0 Å². The molecule has 0 bridgehead atoms. The summed E-state index contributed by atoms with van der Waals surface area (Å²) in [7, 11) is 0. The zero-order chi connectivity index (χ0) is 13.9.